The summed E-state index contributed by atoms with van der Waals surface area (Å²) in [6.07, 6.45) is 3.08. The van der Waals surface area contributed by atoms with Gasteiger partial charge in [0.2, 0.25) is 0 Å². The lowest BCUT2D eigenvalue weighted by molar-refractivity contribution is 0.674. The minimum absolute atomic E-state index is 0.917. The summed E-state index contributed by atoms with van der Waals surface area (Å²) in [5.41, 5.74) is 1.30. The minimum atomic E-state index is 0.917. The highest BCUT2D eigenvalue weighted by molar-refractivity contribution is 7.09. The molecule has 2 aromatic rings. The van der Waals surface area contributed by atoms with Crippen LogP contribution in [0.5, 0.6) is 0 Å². The monoisotopic (exact) mass is 289 g/mol. The molecule has 0 atom stereocenters. The van der Waals surface area contributed by atoms with Gasteiger partial charge in [-0.05, 0) is 49.0 Å². The lowest BCUT2D eigenvalue weighted by atomic mass is 10.2. The van der Waals surface area contributed by atoms with Crippen LogP contribution in [0.15, 0.2) is 35.8 Å². The van der Waals surface area contributed by atoms with Gasteiger partial charge >= 0.3 is 0 Å². The summed E-state index contributed by atoms with van der Waals surface area (Å²) in [4.78, 5) is 8.21. The third-order valence-corrected chi connectivity index (χ3v) is 4.06. The smallest absolute Gasteiger partial charge is 0.129 e. The standard InChI is InChI=1S/C16H23N3S/c1-3-8-17-12-14-7-9-18-16(11-14)19(4-2)13-15-6-5-10-20-15/h5-7,9-11,17H,3-4,8,12-13H2,1-2H3. The molecular formula is C16H23N3S. The summed E-state index contributed by atoms with van der Waals surface area (Å²) in [5.74, 6) is 1.07. The summed E-state index contributed by atoms with van der Waals surface area (Å²) < 4.78 is 0. The molecule has 4 heteroatoms. The van der Waals surface area contributed by atoms with Crippen LogP contribution in [0.3, 0.4) is 0 Å². The lowest BCUT2D eigenvalue weighted by Gasteiger charge is -2.21. The van der Waals surface area contributed by atoms with Gasteiger partial charge in [0, 0.05) is 24.2 Å². The predicted octanol–water partition coefficient (Wildman–Crippen LogP) is 3.67. The molecule has 2 rings (SSSR count). The molecule has 0 aliphatic heterocycles. The van der Waals surface area contributed by atoms with E-state index in [1.54, 1.807) is 11.3 Å². The third kappa shape index (κ3) is 4.32. The highest BCUT2D eigenvalue weighted by atomic mass is 32.1. The first kappa shape index (κ1) is 15.0. The average molecular weight is 289 g/mol. The van der Waals surface area contributed by atoms with Gasteiger partial charge in [-0.3, -0.25) is 0 Å². The van der Waals surface area contributed by atoms with Gasteiger partial charge in [-0.2, -0.15) is 0 Å². The number of rotatable bonds is 8. The topological polar surface area (TPSA) is 28.2 Å². The highest BCUT2D eigenvalue weighted by Gasteiger charge is 2.08. The lowest BCUT2D eigenvalue weighted by Crippen LogP contribution is -2.23. The molecular weight excluding hydrogens is 266 g/mol. The first-order valence-electron chi connectivity index (χ1n) is 7.26. The quantitative estimate of drug-likeness (QED) is 0.752. The Morgan fingerprint density at radius 1 is 1.30 bits per heavy atom. The van der Waals surface area contributed by atoms with Gasteiger partial charge < -0.3 is 10.2 Å². The van der Waals surface area contributed by atoms with Crippen molar-refractivity contribution in [2.75, 3.05) is 18.0 Å². The number of thiophene rings is 1. The van der Waals surface area contributed by atoms with Crippen LogP contribution in [0.2, 0.25) is 0 Å². The Morgan fingerprint density at radius 3 is 2.90 bits per heavy atom. The fraction of sp³-hybridized carbons (Fsp3) is 0.438. The van der Waals surface area contributed by atoms with E-state index in [0.717, 1.165) is 38.4 Å². The number of hydrogen-bond donors (Lipinski definition) is 1. The van der Waals surface area contributed by atoms with Crippen molar-refractivity contribution < 1.29 is 0 Å². The Kier molecular flexibility index (Phi) is 6.02. The molecule has 0 fully saturated rings. The van der Waals surface area contributed by atoms with Crippen molar-refractivity contribution in [3.05, 3.63) is 46.3 Å². The summed E-state index contributed by atoms with van der Waals surface area (Å²) in [5, 5.41) is 5.56. The maximum Gasteiger partial charge on any atom is 0.129 e. The van der Waals surface area contributed by atoms with Crippen molar-refractivity contribution in [2.45, 2.75) is 33.4 Å². The molecule has 0 aliphatic carbocycles. The maximum absolute atomic E-state index is 4.52. The number of anilines is 1. The van der Waals surface area contributed by atoms with Gasteiger partial charge in [0.25, 0.3) is 0 Å². The first-order chi connectivity index (χ1) is 9.83. The van der Waals surface area contributed by atoms with Crippen molar-refractivity contribution in [2.24, 2.45) is 0 Å². The van der Waals surface area contributed by atoms with E-state index < -0.39 is 0 Å². The molecule has 0 aliphatic rings. The molecule has 0 unspecified atom stereocenters. The molecule has 20 heavy (non-hydrogen) atoms. The van der Waals surface area contributed by atoms with Crippen LogP contribution in [0.1, 0.15) is 30.7 Å². The van der Waals surface area contributed by atoms with Gasteiger partial charge in [-0.25, -0.2) is 4.98 Å². The molecule has 0 radical (unpaired) electrons. The summed E-state index contributed by atoms with van der Waals surface area (Å²) in [6, 6.07) is 8.57. The van der Waals surface area contributed by atoms with Crippen molar-refractivity contribution in [3.8, 4) is 0 Å². The molecule has 0 aromatic carbocycles. The SMILES string of the molecule is CCCNCc1ccnc(N(CC)Cc2cccs2)c1. The van der Waals surface area contributed by atoms with E-state index in [-0.39, 0.29) is 0 Å². The van der Waals surface area contributed by atoms with Gasteiger partial charge in [-0.1, -0.05) is 13.0 Å². The Balaban J connectivity index is 2.03. The first-order valence-corrected chi connectivity index (χ1v) is 8.14. The molecule has 0 bridgehead atoms. The maximum atomic E-state index is 4.52. The Bertz CT molecular complexity index is 496. The van der Waals surface area contributed by atoms with Crippen molar-refractivity contribution in [3.63, 3.8) is 0 Å². The van der Waals surface area contributed by atoms with E-state index in [2.05, 4.69) is 58.7 Å². The van der Waals surface area contributed by atoms with Crippen LogP contribution >= 0.6 is 11.3 Å². The van der Waals surface area contributed by atoms with Crippen LogP contribution < -0.4 is 10.2 Å². The van der Waals surface area contributed by atoms with Crippen LogP contribution in [0.4, 0.5) is 5.82 Å². The summed E-state index contributed by atoms with van der Waals surface area (Å²) in [6.45, 7) is 8.25. The van der Waals surface area contributed by atoms with Crippen molar-refractivity contribution >= 4 is 17.2 Å². The van der Waals surface area contributed by atoms with Gasteiger partial charge in [-0.15, -0.1) is 11.3 Å². The van der Waals surface area contributed by atoms with Crippen LogP contribution in [0, 0.1) is 0 Å². The van der Waals surface area contributed by atoms with E-state index in [0.29, 0.717) is 0 Å². The summed E-state index contributed by atoms with van der Waals surface area (Å²) in [7, 11) is 0. The fourth-order valence-electron chi connectivity index (χ4n) is 2.10. The van der Waals surface area contributed by atoms with Gasteiger partial charge in [0.05, 0.1) is 6.54 Å². The number of nitrogens with zero attached hydrogens (tertiary/aromatic N) is 2. The molecule has 2 aromatic heterocycles. The number of pyridine rings is 1. The zero-order chi connectivity index (χ0) is 14.2. The second-order valence-corrected chi connectivity index (χ2v) is 5.82. The van der Waals surface area contributed by atoms with Gasteiger partial charge in [0.1, 0.15) is 5.82 Å². The number of nitrogens with one attached hydrogen (secondary N) is 1. The van der Waals surface area contributed by atoms with Crippen molar-refractivity contribution in [1.82, 2.24) is 10.3 Å². The number of hydrogen-bond acceptors (Lipinski definition) is 4. The van der Waals surface area contributed by atoms with E-state index in [4.69, 9.17) is 0 Å². The Labute approximate surface area is 125 Å². The second kappa shape index (κ2) is 8.02. The molecule has 2 heterocycles. The largest absolute Gasteiger partial charge is 0.352 e. The average Bonchev–Trinajstić information content (AvgIpc) is 2.98. The van der Waals surface area contributed by atoms with E-state index in [1.807, 2.05) is 6.20 Å². The van der Waals surface area contributed by atoms with Crippen LogP contribution in [-0.2, 0) is 13.1 Å². The molecule has 3 nitrogen and oxygen atoms in total. The predicted molar refractivity (Wildman–Crippen MR) is 87.3 cm³/mol. The van der Waals surface area contributed by atoms with E-state index in [1.165, 1.54) is 10.4 Å². The minimum Gasteiger partial charge on any atom is -0.352 e. The van der Waals surface area contributed by atoms with Crippen LogP contribution in [0.25, 0.3) is 0 Å². The molecule has 0 amide bonds. The van der Waals surface area contributed by atoms with Gasteiger partial charge in [0.15, 0.2) is 0 Å². The fourth-order valence-corrected chi connectivity index (χ4v) is 2.82. The molecule has 0 spiro atoms. The van der Waals surface area contributed by atoms with Crippen molar-refractivity contribution in [1.29, 1.82) is 0 Å². The van der Waals surface area contributed by atoms with E-state index in [9.17, 15) is 0 Å². The third-order valence-electron chi connectivity index (χ3n) is 3.20. The summed E-state index contributed by atoms with van der Waals surface area (Å²) >= 11 is 1.80. The zero-order valence-electron chi connectivity index (χ0n) is 12.3. The second-order valence-electron chi connectivity index (χ2n) is 4.79. The molecule has 108 valence electrons. The van der Waals surface area contributed by atoms with Crippen LogP contribution in [-0.4, -0.2) is 18.1 Å². The Hall–Kier alpha value is -1.39. The highest BCUT2D eigenvalue weighted by Crippen LogP contribution is 2.18. The Morgan fingerprint density at radius 2 is 2.20 bits per heavy atom. The van der Waals surface area contributed by atoms with E-state index >= 15 is 0 Å². The number of aromatic nitrogens is 1. The molecule has 1 N–H and O–H groups in total. The zero-order valence-corrected chi connectivity index (χ0v) is 13.1. The molecule has 0 saturated carbocycles. The normalized spacial score (nSPS) is 10.7. The molecule has 0 saturated heterocycles.